The molecule has 0 amide bonds. The van der Waals surface area contributed by atoms with Crippen LogP contribution in [0.3, 0.4) is 0 Å². The van der Waals surface area contributed by atoms with E-state index >= 15 is 0 Å². The largest absolute Gasteiger partial charge is 0.387 e. The van der Waals surface area contributed by atoms with E-state index in [1.165, 1.54) is 12.8 Å². The van der Waals surface area contributed by atoms with Gasteiger partial charge in [-0.15, -0.1) is 12.4 Å². The Hall–Kier alpha value is 0.400. The minimum Gasteiger partial charge on any atom is -0.387 e. The molecule has 0 saturated carbocycles. The lowest BCUT2D eigenvalue weighted by atomic mass is 10.00. The zero-order valence-electron chi connectivity index (χ0n) is 13.5. The van der Waals surface area contributed by atoms with Crippen molar-refractivity contribution < 1.29 is 24.4 Å². The third-order valence-electron chi connectivity index (χ3n) is 4.05. The van der Waals surface area contributed by atoms with Gasteiger partial charge in [-0.3, -0.25) is 0 Å². The second-order valence-electron chi connectivity index (χ2n) is 5.86. The highest BCUT2D eigenvalue weighted by atomic mass is 35.5. The third kappa shape index (κ3) is 7.33. The highest BCUT2D eigenvalue weighted by Crippen LogP contribution is 2.28. The molecule has 2 bridgehead atoms. The molecule has 3 aliphatic heterocycles. The van der Waals surface area contributed by atoms with Crippen LogP contribution < -0.4 is 5.73 Å². The maximum absolute atomic E-state index is 10.2. The number of nitrogens with two attached hydrogens (primary N) is 1. The molecule has 4 N–H and O–H groups in total. The zero-order chi connectivity index (χ0) is 15.8. The Balaban J connectivity index is 0.00000264. The van der Waals surface area contributed by atoms with Crippen molar-refractivity contribution in [1.29, 1.82) is 0 Å². The van der Waals surface area contributed by atoms with E-state index < -0.39 is 24.6 Å². The predicted molar refractivity (Wildman–Crippen MR) is 99.8 cm³/mol. The summed E-state index contributed by atoms with van der Waals surface area (Å²) in [5.41, 5.74) is 5.47. The number of fused-ring (bicyclic) bond motifs is 6. The summed E-state index contributed by atoms with van der Waals surface area (Å²) < 4.78 is 17.0. The molecule has 0 spiro atoms. The maximum atomic E-state index is 10.2. The van der Waals surface area contributed by atoms with E-state index in [9.17, 15) is 10.2 Å². The second kappa shape index (κ2) is 13.6. The molecular weight excluding hydrogens is 354 g/mol. The number of hydrogen-bond acceptors (Lipinski definition) is 7. The number of halogens is 1. The predicted octanol–water partition coefficient (Wildman–Crippen LogP) is 1.55. The Kier molecular flexibility index (Phi) is 13.8. The maximum Gasteiger partial charge on any atom is 0.186 e. The fraction of sp³-hybridized carbons (Fsp3) is 1.00. The lowest BCUT2D eigenvalue weighted by molar-refractivity contribution is -0.289. The van der Waals surface area contributed by atoms with E-state index in [4.69, 9.17) is 19.9 Å². The van der Waals surface area contributed by atoms with Crippen LogP contribution in [0, 0.1) is 0 Å². The number of aliphatic hydroxyl groups excluding tert-OH is 2. The highest BCUT2D eigenvalue weighted by Gasteiger charge is 2.46. The Labute approximate surface area is 156 Å². The van der Waals surface area contributed by atoms with Gasteiger partial charge in [0, 0.05) is 12.4 Å². The standard InChI is InChI=1S/C15H29NO5S.CH4.ClH/c16-6-3-1-2-4-9-22-10-11-14-12(17)13(18)15(21-11)20-8-5-7-19-14;;/h11-15,17-18H,1-10,16H2;1H4;1H. The van der Waals surface area contributed by atoms with Crippen LogP contribution in [0.4, 0.5) is 0 Å². The molecule has 3 aliphatic rings. The van der Waals surface area contributed by atoms with Crippen LogP contribution in [-0.4, -0.2) is 72.2 Å². The molecule has 3 saturated heterocycles. The minimum absolute atomic E-state index is 0. The first-order chi connectivity index (χ1) is 10.7. The van der Waals surface area contributed by atoms with E-state index in [-0.39, 0.29) is 25.9 Å². The number of aliphatic hydroxyl groups is 2. The highest BCUT2D eigenvalue weighted by molar-refractivity contribution is 7.99. The van der Waals surface area contributed by atoms with E-state index in [2.05, 4.69) is 0 Å². The first-order valence-corrected chi connectivity index (χ1v) is 9.42. The fourth-order valence-corrected chi connectivity index (χ4v) is 3.84. The quantitative estimate of drug-likeness (QED) is 0.544. The van der Waals surface area contributed by atoms with Gasteiger partial charge in [-0.05, 0) is 31.6 Å². The van der Waals surface area contributed by atoms with Crippen molar-refractivity contribution in [2.75, 3.05) is 31.3 Å². The second-order valence-corrected chi connectivity index (χ2v) is 7.01. The number of rotatable bonds is 8. The average molecular weight is 388 g/mol. The van der Waals surface area contributed by atoms with E-state index in [1.54, 1.807) is 11.8 Å². The molecule has 5 atom stereocenters. The molecule has 0 aliphatic carbocycles. The van der Waals surface area contributed by atoms with Crippen LogP contribution >= 0.6 is 24.2 Å². The molecule has 0 aromatic rings. The van der Waals surface area contributed by atoms with Gasteiger partial charge in [-0.25, -0.2) is 0 Å². The molecule has 5 unspecified atom stereocenters. The molecule has 6 nitrogen and oxygen atoms in total. The lowest BCUT2D eigenvalue weighted by Gasteiger charge is -2.41. The van der Waals surface area contributed by atoms with Crippen LogP contribution in [-0.2, 0) is 14.2 Å². The van der Waals surface area contributed by atoms with Gasteiger partial charge in [0.05, 0.1) is 12.7 Å². The van der Waals surface area contributed by atoms with Crippen molar-refractivity contribution in [3.05, 3.63) is 0 Å². The average Bonchev–Trinajstić information content (AvgIpc) is 2.66. The van der Waals surface area contributed by atoms with Crippen molar-refractivity contribution in [2.24, 2.45) is 5.73 Å². The Morgan fingerprint density at radius 2 is 1.71 bits per heavy atom. The summed E-state index contributed by atoms with van der Waals surface area (Å²) in [5.74, 6) is 1.80. The van der Waals surface area contributed by atoms with Crippen molar-refractivity contribution in [3.8, 4) is 0 Å². The van der Waals surface area contributed by atoms with Crippen LogP contribution in [0.2, 0.25) is 0 Å². The Morgan fingerprint density at radius 3 is 2.46 bits per heavy atom. The normalized spacial score (nSPS) is 32.9. The molecule has 0 aromatic carbocycles. The minimum atomic E-state index is -1.04. The number of hydrogen-bond donors (Lipinski definition) is 3. The summed E-state index contributed by atoms with van der Waals surface area (Å²) in [7, 11) is 0. The molecule has 0 aromatic heterocycles. The van der Waals surface area contributed by atoms with Gasteiger partial charge < -0.3 is 30.2 Å². The van der Waals surface area contributed by atoms with E-state index in [0.717, 1.165) is 37.3 Å². The topological polar surface area (TPSA) is 94.2 Å². The summed E-state index contributed by atoms with van der Waals surface area (Å²) in [6, 6.07) is 0. The summed E-state index contributed by atoms with van der Waals surface area (Å²) in [6.45, 7) is 1.76. The van der Waals surface area contributed by atoms with Crippen molar-refractivity contribution in [3.63, 3.8) is 0 Å². The van der Waals surface area contributed by atoms with Crippen molar-refractivity contribution in [2.45, 2.75) is 70.2 Å². The van der Waals surface area contributed by atoms with Gasteiger partial charge in [0.1, 0.15) is 18.3 Å². The van der Waals surface area contributed by atoms with Crippen LogP contribution in [0.15, 0.2) is 0 Å². The molecule has 3 rings (SSSR count). The number of ether oxygens (including phenoxy) is 3. The Morgan fingerprint density at radius 1 is 1.00 bits per heavy atom. The van der Waals surface area contributed by atoms with Crippen molar-refractivity contribution >= 4 is 24.2 Å². The summed E-state index contributed by atoms with van der Waals surface area (Å²) in [6.07, 6.45) is 1.93. The molecule has 24 heavy (non-hydrogen) atoms. The van der Waals surface area contributed by atoms with Gasteiger partial charge in [-0.2, -0.15) is 11.8 Å². The van der Waals surface area contributed by atoms with Crippen LogP contribution in [0.5, 0.6) is 0 Å². The molecular formula is C16H34ClNO5S. The third-order valence-corrected chi connectivity index (χ3v) is 5.19. The smallest absolute Gasteiger partial charge is 0.186 e. The monoisotopic (exact) mass is 387 g/mol. The van der Waals surface area contributed by atoms with Gasteiger partial charge in [-0.1, -0.05) is 20.3 Å². The first-order valence-electron chi connectivity index (χ1n) is 8.26. The summed E-state index contributed by atoms with van der Waals surface area (Å²) in [5, 5.41) is 20.2. The fourth-order valence-electron chi connectivity index (χ4n) is 2.76. The molecule has 3 heterocycles. The van der Waals surface area contributed by atoms with Gasteiger partial charge in [0.25, 0.3) is 0 Å². The molecule has 8 heteroatoms. The first kappa shape index (κ1) is 24.4. The van der Waals surface area contributed by atoms with Crippen molar-refractivity contribution in [1.82, 2.24) is 0 Å². The van der Waals surface area contributed by atoms with Gasteiger partial charge in [0.15, 0.2) is 6.29 Å². The van der Waals surface area contributed by atoms with Crippen LogP contribution in [0.1, 0.15) is 39.5 Å². The van der Waals surface area contributed by atoms with Gasteiger partial charge >= 0.3 is 0 Å². The number of unbranched alkanes of at least 4 members (excludes halogenated alkanes) is 3. The molecule has 3 fully saturated rings. The lowest BCUT2D eigenvalue weighted by Crippen LogP contribution is -2.59. The number of thioether (sulfide) groups is 1. The van der Waals surface area contributed by atoms with E-state index in [1.807, 2.05) is 0 Å². The SMILES string of the molecule is C.Cl.NCCCCCCSCC1OC2OCCCOC1C(O)C2O. The van der Waals surface area contributed by atoms with E-state index in [0.29, 0.717) is 13.2 Å². The zero-order valence-corrected chi connectivity index (χ0v) is 15.1. The van der Waals surface area contributed by atoms with Gasteiger partial charge in [0.2, 0.25) is 0 Å². The Bertz CT molecular complexity index is 314. The van der Waals surface area contributed by atoms with Crippen LogP contribution in [0.25, 0.3) is 0 Å². The molecule has 146 valence electrons. The summed E-state index contributed by atoms with van der Waals surface area (Å²) >= 11 is 1.80. The summed E-state index contributed by atoms with van der Waals surface area (Å²) in [4.78, 5) is 0. The molecule has 0 radical (unpaired) electrons.